The first-order valence-electron chi connectivity index (χ1n) is 14.8. The van der Waals surface area contributed by atoms with Crippen LogP contribution in [0, 0.1) is 5.92 Å². The number of nitrogens with zero attached hydrogens (tertiary/aromatic N) is 1. The van der Waals surface area contributed by atoms with Crippen molar-refractivity contribution in [3.63, 3.8) is 0 Å². The maximum Gasteiger partial charge on any atom is 0.242 e. The molecule has 4 rings (SSSR count). The quantitative estimate of drug-likeness (QED) is 0.339. The Kier molecular flexibility index (Phi) is 11.6. The van der Waals surface area contributed by atoms with Crippen LogP contribution in [-0.2, 0) is 16.0 Å². The lowest BCUT2D eigenvalue weighted by Crippen LogP contribution is -2.48. The number of halogens is 1. The highest BCUT2D eigenvalue weighted by molar-refractivity contribution is 6.34. The maximum atomic E-state index is 13.7. The van der Waals surface area contributed by atoms with Gasteiger partial charge in [-0.1, -0.05) is 61.5 Å². The Morgan fingerprint density at radius 1 is 0.951 bits per heavy atom. The van der Waals surface area contributed by atoms with E-state index >= 15 is 0 Å². The SMILES string of the molecule is O=C(NCC(=O)N(CCO)C1CCCCC1)C1CCCC(C(=O)c2ccc(OCCO)cc2Cl)c2ccccc2C1. The van der Waals surface area contributed by atoms with Gasteiger partial charge in [0.15, 0.2) is 5.78 Å². The lowest BCUT2D eigenvalue weighted by molar-refractivity contribution is -0.136. The van der Waals surface area contributed by atoms with E-state index in [1.807, 2.05) is 24.3 Å². The summed E-state index contributed by atoms with van der Waals surface area (Å²) in [5.74, 6) is -0.595. The van der Waals surface area contributed by atoms with Crippen LogP contribution < -0.4 is 10.1 Å². The number of nitrogens with one attached hydrogen (secondary N) is 1. The number of benzene rings is 2. The van der Waals surface area contributed by atoms with Gasteiger partial charge in [0, 0.05) is 30.0 Å². The van der Waals surface area contributed by atoms with E-state index in [4.69, 9.17) is 21.4 Å². The predicted octanol–water partition coefficient (Wildman–Crippen LogP) is 4.29. The molecule has 2 aromatic rings. The molecule has 0 spiro atoms. The summed E-state index contributed by atoms with van der Waals surface area (Å²) < 4.78 is 5.42. The van der Waals surface area contributed by atoms with Gasteiger partial charge in [0.25, 0.3) is 0 Å². The Morgan fingerprint density at radius 3 is 2.46 bits per heavy atom. The van der Waals surface area contributed by atoms with E-state index in [0.717, 1.165) is 36.8 Å². The zero-order chi connectivity index (χ0) is 29.2. The largest absolute Gasteiger partial charge is 0.491 e. The van der Waals surface area contributed by atoms with Crippen LogP contribution in [0.25, 0.3) is 0 Å². The van der Waals surface area contributed by atoms with Crippen LogP contribution in [0.3, 0.4) is 0 Å². The second-order valence-corrected chi connectivity index (χ2v) is 11.4. The van der Waals surface area contributed by atoms with Gasteiger partial charge in [-0.25, -0.2) is 0 Å². The summed E-state index contributed by atoms with van der Waals surface area (Å²) in [7, 11) is 0. The molecule has 2 aliphatic carbocycles. The van der Waals surface area contributed by atoms with Gasteiger partial charge in [0.2, 0.25) is 11.8 Å². The summed E-state index contributed by atoms with van der Waals surface area (Å²) in [6.45, 7) is 0.139. The molecule has 0 saturated heterocycles. The number of aliphatic hydroxyl groups excluding tert-OH is 2. The zero-order valence-electron chi connectivity index (χ0n) is 23.5. The molecule has 0 aliphatic heterocycles. The molecule has 9 heteroatoms. The molecule has 2 aliphatic rings. The molecule has 2 atom stereocenters. The van der Waals surface area contributed by atoms with Gasteiger partial charge >= 0.3 is 0 Å². The maximum absolute atomic E-state index is 13.7. The number of amides is 2. The minimum Gasteiger partial charge on any atom is -0.491 e. The number of fused-ring (bicyclic) bond motifs is 1. The monoisotopic (exact) mass is 584 g/mol. The van der Waals surface area contributed by atoms with Crippen LogP contribution in [0.15, 0.2) is 42.5 Å². The average molecular weight is 585 g/mol. The van der Waals surface area contributed by atoms with Gasteiger partial charge in [0.05, 0.1) is 24.8 Å². The number of ketones is 1. The van der Waals surface area contributed by atoms with Gasteiger partial charge < -0.3 is 25.2 Å². The Labute approximate surface area is 247 Å². The summed E-state index contributed by atoms with van der Waals surface area (Å²) in [4.78, 5) is 41.8. The predicted molar refractivity (Wildman–Crippen MR) is 157 cm³/mol. The molecule has 2 amide bonds. The molecule has 0 aromatic heterocycles. The number of carbonyl (C=O) groups is 3. The average Bonchev–Trinajstić information content (AvgIpc) is 2.98. The second-order valence-electron chi connectivity index (χ2n) is 11.0. The minimum atomic E-state index is -0.388. The number of rotatable bonds is 11. The third kappa shape index (κ3) is 8.09. The van der Waals surface area contributed by atoms with Gasteiger partial charge in [0.1, 0.15) is 12.4 Å². The third-order valence-electron chi connectivity index (χ3n) is 8.29. The highest BCUT2D eigenvalue weighted by Gasteiger charge is 2.31. The summed E-state index contributed by atoms with van der Waals surface area (Å²) in [6, 6.07) is 12.8. The molecular weight excluding hydrogens is 544 g/mol. The van der Waals surface area contributed by atoms with Crippen molar-refractivity contribution < 1.29 is 29.3 Å². The fraction of sp³-hybridized carbons (Fsp3) is 0.531. The van der Waals surface area contributed by atoms with Crippen molar-refractivity contribution in [2.75, 3.05) is 32.9 Å². The first-order valence-corrected chi connectivity index (χ1v) is 15.1. The highest BCUT2D eigenvalue weighted by atomic mass is 35.5. The molecule has 2 unspecified atom stereocenters. The topological polar surface area (TPSA) is 116 Å². The van der Waals surface area contributed by atoms with Crippen molar-refractivity contribution in [1.82, 2.24) is 10.2 Å². The van der Waals surface area contributed by atoms with Crippen LogP contribution in [0.2, 0.25) is 5.02 Å². The standard InChI is InChI=1S/C32H41ClN2O6/c33-29-20-25(41-18-17-37)13-14-28(29)31(39)27-12-6-8-23(19-22-7-4-5-11-26(22)27)32(40)34-21-30(38)35(15-16-36)24-9-2-1-3-10-24/h4-5,7,11,13-14,20,23-24,27,36-37H,1-3,6,8-10,12,15-19,21H2,(H,34,40). The molecule has 0 heterocycles. The summed E-state index contributed by atoms with van der Waals surface area (Å²) in [5, 5.41) is 21.7. The van der Waals surface area contributed by atoms with Crippen LogP contribution >= 0.6 is 11.6 Å². The van der Waals surface area contributed by atoms with Gasteiger partial charge in [-0.15, -0.1) is 0 Å². The molecule has 1 fully saturated rings. The van der Waals surface area contributed by atoms with Gasteiger partial charge in [-0.2, -0.15) is 0 Å². The number of Topliss-reactive ketones (excluding diaryl/α,β-unsaturated/α-hetero) is 1. The fourth-order valence-electron chi connectivity index (χ4n) is 6.20. The molecular formula is C32H41ClN2O6. The van der Waals surface area contributed by atoms with Crippen molar-refractivity contribution in [2.24, 2.45) is 5.92 Å². The number of carbonyl (C=O) groups excluding carboxylic acids is 3. The molecule has 3 N–H and O–H groups in total. The van der Waals surface area contributed by atoms with E-state index in [2.05, 4.69) is 5.32 Å². The van der Waals surface area contributed by atoms with E-state index in [1.54, 1.807) is 23.1 Å². The van der Waals surface area contributed by atoms with E-state index in [9.17, 15) is 19.5 Å². The number of hydrogen-bond donors (Lipinski definition) is 3. The van der Waals surface area contributed by atoms with E-state index in [1.165, 1.54) is 6.42 Å². The Bertz CT molecular complexity index is 1200. The normalized spacial score (nSPS) is 19.4. The lowest BCUT2D eigenvalue weighted by atomic mass is 9.78. The summed E-state index contributed by atoms with van der Waals surface area (Å²) in [6.07, 6.45) is 7.52. The Balaban J connectivity index is 1.43. The van der Waals surface area contributed by atoms with Crippen molar-refractivity contribution in [1.29, 1.82) is 0 Å². The second kappa shape index (κ2) is 15.3. The summed E-state index contributed by atoms with van der Waals surface area (Å²) in [5.41, 5.74) is 2.26. The molecule has 1 saturated carbocycles. The molecule has 0 bridgehead atoms. The van der Waals surface area contributed by atoms with Crippen LogP contribution in [0.1, 0.15) is 78.8 Å². The third-order valence-corrected chi connectivity index (χ3v) is 8.60. The van der Waals surface area contributed by atoms with Crippen molar-refractivity contribution in [2.45, 2.75) is 69.7 Å². The minimum absolute atomic E-state index is 0.0728. The highest BCUT2D eigenvalue weighted by Crippen LogP contribution is 2.36. The molecule has 41 heavy (non-hydrogen) atoms. The first-order chi connectivity index (χ1) is 19.9. The van der Waals surface area contributed by atoms with Crippen LogP contribution in [0.4, 0.5) is 0 Å². The Morgan fingerprint density at radius 2 is 1.73 bits per heavy atom. The molecule has 0 radical (unpaired) electrons. The Hall–Kier alpha value is -2.94. The first kappa shape index (κ1) is 31.0. The molecule has 8 nitrogen and oxygen atoms in total. The molecule has 2 aromatic carbocycles. The van der Waals surface area contributed by atoms with Crippen LogP contribution in [0.5, 0.6) is 5.75 Å². The van der Waals surface area contributed by atoms with Gasteiger partial charge in [-0.05, 0) is 61.4 Å². The van der Waals surface area contributed by atoms with Crippen molar-refractivity contribution >= 4 is 29.2 Å². The van der Waals surface area contributed by atoms with E-state index in [-0.39, 0.29) is 68.4 Å². The van der Waals surface area contributed by atoms with E-state index < -0.39 is 0 Å². The van der Waals surface area contributed by atoms with Crippen molar-refractivity contribution in [3.8, 4) is 5.75 Å². The van der Waals surface area contributed by atoms with Crippen molar-refractivity contribution in [3.05, 3.63) is 64.2 Å². The lowest BCUT2D eigenvalue weighted by Gasteiger charge is -2.34. The van der Waals surface area contributed by atoms with Gasteiger partial charge in [-0.3, -0.25) is 14.4 Å². The van der Waals surface area contributed by atoms with E-state index in [0.29, 0.717) is 42.0 Å². The number of ether oxygens (including phenoxy) is 1. The molecule has 222 valence electrons. The smallest absolute Gasteiger partial charge is 0.242 e. The number of hydrogen-bond acceptors (Lipinski definition) is 6. The fourth-order valence-corrected chi connectivity index (χ4v) is 6.47. The summed E-state index contributed by atoms with van der Waals surface area (Å²) >= 11 is 6.48. The number of aliphatic hydroxyl groups is 2. The van der Waals surface area contributed by atoms with Crippen LogP contribution in [-0.4, -0.2) is 71.7 Å². The zero-order valence-corrected chi connectivity index (χ0v) is 24.3.